The van der Waals surface area contributed by atoms with Crippen molar-refractivity contribution in [3.05, 3.63) is 12.2 Å². The number of carbonyl (C=O) groups excluding carboxylic acids is 1. The second-order valence-electron chi connectivity index (χ2n) is 9.71. The third kappa shape index (κ3) is 27.7. The monoisotopic (exact) mass is 621 g/mol. The molecule has 0 spiro atoms. The Morgan fingerprint density at radius 1 is 0.744 bits per heavy atom. The van der Waals surface area contributed by atoms with Crippen LogP contribution in [-0.2, 0) is 42.7 Å². The number of nitrogens with zero attached hydrogens (tertiary/aromatic N) is 2. The van der Waals surface area contributed by atoms with Gasteiger partial charge in [-0.25, -0.2) is 5.84 Å². The maximum absolute atomic E-state index is 10.1. The van der Waals surface area contributed by atoms with E-state index >= 15 is 0 Å². The van der Waals surface area contributed by atoms with Crippen molar-refractivity contribution in [1.29, 1.82) is 5.41 Å². The van der Waals surface area contributed by atoms with Gasteiger partial charge in [-0.2, -0.15) is 0 Å². The molecule has 43 heavy (non-hydrogen) atoms. The van der Waals surface area contributed by atoms with Crippen LogP contribution in [0.15, 0.2) is 12.2 Å². The normalized spacial score (nSPS) is 13.9. The highest BCUT2D eigenvalue weighted by Gasteiger charge is 2.22. The molecule has 0 saturated carbocycles. The quantitative estimate of drug-likeness (QED) is 0.0275. The summed E-state index contributed by atoms with van der Waals surface area (Å²) in [5, 5.41) is 9.29. The molecule has 1 heterocycles. The highest BCUT2D eigenvalue weighted by Crippen LogP contribution is 2.14. The highest BCUT2D eigenvalue weighted by molar-refractivity contribution is 5.94. The zero-order valence-electron chi connectivity index (χ0n) is 26.6. The lowest BCUT2D eigenvalue weighted by Crippen LogP contribution is -2.50. The molecule has 0 aromatic carbocycles. The van der Waals surface area contributed by atoms with Gasteiger partial charge in [0.05, 0.1) is 106 Å². The second-order valence-corrected chi connectivity index (χ2v) is 9.71. The van der Waals surface area contributed by atoms with E-state index in [-0.39, 0.29) is 0 Å². The molecule has 0 aromatic heterocycles. The Labute approximate surface area is 258 Å². The molecule has 1 saturated heterocycles. The first-order chi connectivity index (χ1) is 20.9. The number of rotatable bonds is 28. The molecule has 14 nitrogen and oxygen atoms in total. The molecule has 1 fully saturated rings. The molecule has 1 aliphatic rings. The van der Waals surface area contributed by atoms with Crippen molar-refractivity contribution < 1.29 is 42.7 Å². The summed E-state index contributed by atoms with van der Waals surface area (Å²) in [5.74, 6) is 6.23. The number of likely N-dealkylation sites (tertiary alicyclic amines) is 1. The average Bonchev–Trinajstić information content (AvgIpc) is 3.01. The smallest absolute Gasteiger partial charge is 0.137 e. The Bertz CT molecular complexity index is 656. The van der Waals surface area contributed by atoms with Gasteiger partial charge in [-0.05, 0) is 45.5 Å². The van der Waals surface area contributed by atoms with E-state index in [0.29, 0.717) is 131 Å². The molecule has 0 bridgehead atoms. The van der Waals surface area contributed by atoms with Crippen LogP contribution in [0.5, 0.6) is 0 Å². The topological polar surface area (TPSA) is 173 Å². The summed E-state index contributed by atoms with van der Waals surface area (Å²) < 4.78 is 42.5. The third-order valence-electron chi connectivity index (χ3n) is 5.99. The summed E-state index contributed by atoms with van der Waals surface area (Å²) in [4.78, 5) is 12.4. The summed E-state index contributed by atoms with van der Waals surface area (Å²) in [6, 6.07) is 0.301. The number of hydrazine groups is 1. The molecule has 254 valence electrons. The first-order valence-electron chi connectivity index (χ1n) is 15.2. The van der Waals surface area contributed by atoms with Crippen molar-refractivity contribution >= 4 is 12.1 Å². The van der Waals surface area contributed by atoms with Crippen LogP contribution in [0.25, 0.3) is 0 Å². The summed E-state index contributed by atoms with van der Waals surface area (Å²) in [6.45, 7) is 16.5. The molecular weight excluding hydrogens is 562 g/mol. The molecule has 1 aliphatic heterocycles. The van der Waals surface area contributed by atoms with E-state index < -0.39 is 0 Å². The lowest BCUT2D eigenvalue weighted by molar-refractivity contribution is -0.108. The summed E-state index contributed by atoms with van der Waals surface area (Å²) in [5.41, 5.74) is 6.03. The Hall–Kier alpha value is -1.56. The largest absolute Gasteiger partial charge is 0.379 e. The number of ether oxygens (including phenoxy) is 8. The molecule has 0 aromatic rings. The Morgan fingerprint density at radius 2 is 1.07 bits per heavy atom. The molecule has 0 aliphatic carbocycles. The van der Waals surface area contributed by atoms with Crippen LogP contribution in [0.3, 0.4) is 0 Å². The molecule has 1 rings (SSSR count). The molecule has 0 unspecified atom stereocenters. The zero-order valence-corrected chi connectivity index (χ0v) is 26.6. The molecule has 0 amide bonds. The van der Waals surface area contributed by atoms with Crippen molar-refractivity contribution in [2.24, 2.45) is 11.6 Å². The van der Waals surface area contributed by atoms with Gasteiger partial charge in [0.2, 0.25) is 0 Å². The number of hydrogen-bond acceptors (Lipinski definition) is 13. The number of aldehydes is 1. The fourth-order valence-corrected chi connectivity index (χ4v) is 3.53. The highest BCUT2D eigenvalue weighted by atomic mass is 16.6. The maximum Gasteiger partial charge on any atom is 0.137 e. The minimum atomic E-state index is 0.301. The van der Waals surface area contributed by atoms with Crippen molar-refractivity contribution in [3.63, 3.8) is 0 Å². The van der Waals surface area contributed by atoms with Crippen molar-refractivity contribution in [2.75, 3.05) is 132 Å². The predicted octanol–water partition coefficient (Wildman–Crippen LogP) is 0.477. The number of hydrogen-bond donors (Lipinski definition) is 3. The van der Waals surface area contributed by atoms with Gasteiger partial charge in [0.25, 0.3) is 0 Å². The maximum atomic E-state index is 10.1. The first-order valence-corrected chi connectivity index (χ1v) is 15.2. The number of carbonyl (C=O) groups is 1. The van der Waals surface area contributed by atoms with Crippen LogP contribution in [-0.4, -0.2) is 160 Å². The van der Waals surface area contributed by atoms with Crippen molar-refractivity contribution in [1.82, 2.24) is 9.91 Å². The van der Waals surface area contributed by atoms with Gasteiger partial charge >= 0.3 is 0 Å². The average molecular weight is 622 g/mol. The molecular formula is C29H59N5O9. The number of piperidine rings is 1. The van der Waals surface area contributed by atoms with Gasteiger partial charge in [-0.3, -0.25) is 10.4 Å². The Kier molecular flexibility index (Phi) is 30.7. The van der Waals surface area contributed by atoms with Crippen LogP contribution in [0, 0.1) is 5.41 Å². The SMILES string of the molecule is C=C(C)C(=N)N(N)C1CCN(C)CC1.NCCOCCOCCOCCOCCOCCOCCOCCOCCC=O. The van der Waals surface area contributed by atoms with Crippen LogP contribution in [0.1, 0.15) is 26.2 Å². The first kappa shape index (κ1) is 41.4. The van der Waals surface area contributed by atoms with Gasteiger partial charge in [-0.15, -0.1) is 0 Å². The van der Waals surface area contributed by atoms with Crippen LogP contribution >= 0.6 is 0 Å². The Morgan fingerprint density at radius 3 is 1.37 bits per heavy atom. The number of nitrogens with one attached hydrogen (secondary N) is 1. The van der Waals surface area contributed by atoms with Gasteiger partial charge < -0.3 is 53.3 Å². The van der Waals surface area contributed by atoms with E-state index in [0.717, 1.165) is 37.8 Å². The van der Waals surface area contributed by atoms with Crippen LogP contribution in [0.4, 0.5) is 0 Å². The van der Waals surface area contributed by atoms with Gasteiger partial charge in [0.1, 0.15) is 12.1 Å². The molecule has 5 N–H and O–H groups in total. The second kappa shape index (κ2) is 31.9. The lowest BCUT2D eigenvalue weighted by Gasteiger charge is -2.35. The van der Waals surface area contributed by atoms with Crippen LogP contribution < -0.4 is 11.6 Å². The standard InChI is InChI=1S/C19H39NO9.C10H20N4/c20-2-5-23-7-9-25-11-13-27-15-17-29-19-18-28-16-14-26-12-10-24-8-6-22-4-1-3-21;1-8(2)10(11)14(12)9-4-6-13(3)7-5-9/h3H,1-2,4-20H2;9,11H,1,4-7,12H2,2-3H3. The summed E-state index contributed by atoms with van der Waals surface area (Å²) in [6.07, 6.45) is 3.32. The fraction of sp³-hybridized carbons (Fsp3) is 0.862. The number of nitrogens with two attached hydrogens (primary N) is 2. The fourth-order valence-electron chi connectivity index (χ4n) is 3.53. The minimum absolute atomic E-state index is 0.301. The predicted molar refractivity (Wildman–Crippen MR) is 165 cm³/mol. The van der Waals surface area contributed by atoms with Gasteiger partial charge in [0.15, 0.2) is 0 Å². The number of amidine groups is 1. The van der Waals surface area contributed by atoms with Crippen molar-refractivity contribution in [3.8, 4) is 0 Å². The van der Waals surface area contributed by atoms with Crippen LogP contribution in [0.2, 0.25) is 0 Å². The summed E-state index contributed by atoms with van der Waals surface area (Å²) in [7, 11) is 2.11. The van der Waals surface area contributed by atoms with E-state index in [9.17, 15) is 4.79 Å². The van der Waals surface area contributed by atoms with Crippen molar-refractivity contribution in [2.45, 2.75) is 32.2 Å². The van der Waals surface area contributed by atoms with E-state index in [2.05, 4.69) is 18.5 Å². The molecule has 14 heteroatoms. The molecule has 0 atom stereocenters. The Balaban J connectivity index is 0.00000104. The lowest BCUT2D eigenvalue weighted by atomic mass is 10.0. The minimum Gasteiger partial charge on any atom is -0.379 e. The molecule has 0 radical (unpaired) electrons. The zero-order chi connectivity index (χ0) is 31.8. The van der Waals surface area contributed by atoms with Gasteiger partial charge in [-0.1, -0.05) is 6.58 Å². The van der Waals surface area contributed by atoms with E-state index in [1.165, 1.54) is 0 Å². The van der Waals surface area contributed by atoms with E-state index in [1.54, 1.807) is 5.01 Å². The van der Waals surface area contributed by atoms with E-state index in [1.807, 2.05) is 6.92 Å². The van der Waals surface area contributed by atoms with Gasteiger partial charge in [0, 0.05) is 19.0 Å². The van der Waals surface area contributed by atoms with E-state index in [4.69, 9.17) is 54.9 Å². The third-order valence-corrected chi connectivity index (χ3v) is 5.99. The summed E-state index contributed by atoms with van der Waals surface area (Å²) >= 11 is 0.